The zero-order valence-electron chi connectivity index (χ0n) is 21.9. The number of hydrogen-bond donors (Lipinski definition) is 3. The first-order valence-electron chi connectivity index (χ1n) is 11.7. The molecule has 0 saturated heterocycles. The van der Waals surface area contributed by atoms with Crippen LogP contribution in [0.15, 0.2) is 18.2 Å². The number of esters is 1. The molecule has 35 heavy (non-hydrogen) atoms. The number of carbonyl (C=O) groups excluding carboxylic acids is 4. The number of hydrogen-bond acceptors (Lipinski definition) is 7. The van der Waals surface area contributed by atoms with Crippen LogP contribution in [-0.4, -0.2) is 65.7 Å². The molecular weight excluding hydrogens is 454 g/mol. The Hall–Kier alpha value is -3.30. The van der Waals surface area contributed by atoms with Crippen LogP contribution in [0.2, 0.25) is 0 Å². The van der Waals surface area contributed by atoms with Crippen molar-refractivity contribution < 1.29 is 33.8 Å². The SMILES string of the molecule is CCC(C)C(NC(=O)OC(C)(C)C)C(=O)N(CC)C(C(=O)NCC(=O)OC)c1ccc(O)c(C)c1. The van der Waals surface area contributed by atoms with Gasteiger partial charge in [-0.05, 0) is 63.8 Å². The predicted molar refractivity (Wildman–Crippen MR) is 131 cm³/mol. The Kier molecular flexibility index (Phi) is 11.0. The fraction of sp³-hybridized carbons (Fsp3) is 0.600. The lowest BCUT2D eigenvalue weighted by Crippen LogP contribution is -2.55. The topological polar surface area (TPSA) is 134 Å². The van der Waals surface area contributed by atoms with Crippen molar-refractivity contribution in [1.29, 1.82) is 0 Å². The van der Waals surface area contributed by atoms with Gasteiger partial charge in [0, 0.05) is 6.54 Å². The van der Waals surface area contributed by atoms with Crippen molar-refractivity contribution in [1.82, 2.24) is 15.5 Å². The molecule has 0 radical (unpaired) electrons. The zero-order valence-corrected chi connectivity index (χ0v) is 21.9. The summed E-state index contributed by atoms with van der Waals surface area (Å²) >= 11 is 0. The summed E-state index contributed by atoms with van der Waals surface area (Å²) in [4.78, 5) is 52.5. The molecule has 10 heteroatoms. The fourth-order valence-electron chi connectivity index (χ4n) is 3.41. The third-order valence-electron chi connectivity index (χ3n) is 5.51. The molecule has 0 fully saturated rings. The molecule has 1 aromatic carbocycles. The number of aromatic hydroxyl groups is 1. The average molecular weight is 494 g/mol. The number of nitrogens with zero attached hydrogens (tertiary/aromatic N) is 1. The highest BCUT2D eigenvalue weighted by Gasteiger charge is 2.37. The highest BCUT2D eigenvalue weighted by Crippen LogP contribution is 2.28. The van der Waals surface area contributed by atoms with E-state index in [-0.39, 0.29) is 24.8 Å². The van der Waals surface area contributed by atoms with Crippen molar-refractivity contribution in [3.05, 3.63) is 29.3 Å². The largest absolute Gasteiger partial charge is 0.508 e. The van der Waals surface area contributed by atoms with Crippen molar-refractivity contribution in [2.45, 2.75) is 72.6 Å². The molecular formula is C25H39N3O7. The molecule has 3 unspecified atom stereocenters. The minimum absolute atomic E-state index is 0.0425. The molecule has 3 atom stereocenters. The second-order valence-corrected chi connectivity index (χ2v) is 9.38. The highest BCUT2D eigenvalue weighted by molar-refractivity contribution is 5.93. The lowest BCUT2D eigenvalue weighted by molar-refractivity contribution is -0.145. The van der Waals surface area contributed by atoms with Gasteiger partial charge in [0.15, 0.2) is 0 Å². The van der Waals surface area contributed by atoms with Crippen molar-refractivity contribution in [3.63, 3.8) is 0 Å². The number of phenols is 1. The number of ether oxygens (including phenoxy) is 2. The summed E-state index contributed by atoms with van der Waals surface area (Å²) in [6.07, 6.45) is -0.152. The lowest BCUT2D eigenvalue weighted by Gasteiger charge is -2.35. The second kappa shape index (κ2) is 13.0. The monoisotopic (exact) mass is 493 g/mol. The smallest absolute Gasteiger partial charge is 0.408 e. The van der Waals surface area contributed by atoms with Gasteiger partial charge in [-0.2, -0.15) is 0 Å². The number of likely N-dealkylation sites (N-methyl/N-ethyl adjacent to an activating group) is 1. The van der Waals surface area contributed by atoms with Crippen molar-refractivity contribution in [3.8, 4) is 5.75 Å². The van der Waals surface area contributed by atoms with Crippen LogP contribution < -0.4 is 10.6 Å². The van der Waals surface area contributed by atoms with Crippen LogP contribution in [-0.2, 0) is 23.9 Å². The van der Waals surface area contributed by atoms with E-state index in [9.17, 15) is 24.3 Å². The quantitative estimate of drug-likeness (QED) is 0.427. The maximum absolute atomic E-state index is 13.8. The molecule has 0 heterocycles. The molecule has 0 saturated carbocycles. The molecule has 0 aliphatic heterocycles. The van der Waals surface area contributed by atoms with Crippen LogP contribution >= 0.6 is 0 Å². The summed E-state index contributed by atoms with van der Waals surface area (Å²) in [6, 6.07) is 2.51. The van der Waals surface area contributed by atoms with Crippen LogP contribution in [0.3, 0.4) is 0 Å². The molecule has 10 nitrogen and oxygen atoms in total. The molecule has 1 aromatic rings. The van der Waals surface area contributed by atoms with E-state index in [1.165, 1.54) is 18.1 Å². The van der Waals surface area contributed by atoms with Gasteiger partial charge in [-0.25, -0.2) is 4.79 Å². The zero-order chi connectivity index (χ0) is 26.9. The van der Waals surface area contributed by atoms with Gasteiger partial charge >= 0.3 is 12.1 Å². The maximum Gasteiger partial charge on any atom is 0.408 e. The van der Waals surface area contributed by atoms with Crippen molar-refractivity contribution in [2.24, 2.45) is 5.92 Å². The standard InChI is InChI=1S/C25H39N3O7/c1-9-15(3)20(27-24(33)35-25(5,6)7)23(32)28(10-2)21(22(31)26-14-19(30)34-8)17-11-12-18(29)16(4)13-17/h11-13,15,20-21,29H,9-10,14H2,1-8H3,(H,26,31)(H,27,33). The van der Waals surface area contributed by atoms with E-state index in [2.05, 4.69) is 15.4 Å². The molecule has 0 bridgehead atoms. The number of amides is 3. The Morgan fingerprint density at radius 3 is 2.26 bits per heavy atom. The van der Waals surface area contributed by atoms with Gasteiger partial charge in [-0.3, -0.25) is 14.4 Å². The van der Waals surface area contributed by atoms with Gasteiger partial charge in [0.05, 0.1) is 7.11 Å². The van der Waals surface area contributed by atoms with E-state index in [0.29, 0.717) is 17.5 Å². The van der Waals surface area contributed by atoms with Gasteiger partial charge in [0.1, 0.15) is 30.0 Å². The molecule has 0 aromatic heterocycles. The van der Waals surface area contributed by atoms with Gasteiger partial charge in [0.2, 0.25) is 11.8 Å². The van der Waals surface area contributed by atoms with Crippen LogP contribution in [0.5, 0.6) is 5.75 Å². The number of alkyl carbamates (subject to hydrolysis) is 1. The first-order chi connectivity index (χ1) is 16.2. The van der Waals surface area contributed by atoms with E-state index >= 15 is 0 Å². The van der Waals surface area contributed by atoms with Gasteiger partial charge in [-0.15, -0.1) is 0 Å². The molecule has 0 spiro atoms. The first kappa shape index (κ1) is 29.7. The Balaban J connectivity index is 3.42. The molecule has 3 amide bonds. The summed E-state index contributed by atoms with van der Waals surface area (Å²) in [6.45, 7) is 12.0. The minimum Gasteiger partial charge on any atom is -0.508 e. The number of rotatable bonds is 10. The normalized spacial score (nSPS) is 13.7. The fourth-order valence-corrected chi connectivity index (χ4v) is 3.41. The maximum atomic E-state index is 13.8. The second-order valence-electron chi connectivity index (χ2n) is 9.38. The summed E-state index contributed by atoms with van der Waals surface area (Å²) < 4.78 is 9.94. The summed E-state index contributed by atoms with van der Waals surface area (Å²) in [7, 11) is 1.20. The van der Waals surface area contributed by atoms with E-state index in [1.54, 1.807) is 46.8 Å². The summed E-state index contributed by atoms with van der Waals surface area (Å²) in [5.74, 6) is -1.93. The number of benzene rings is 1. The van der Waals surface area contributed by atoms with Crippen molar-refractivity contribution >= 4 is 23.9 Å². The Bertz CT molecular complexity index is 911. The van der Waals surface area contributed by atoms with E-state index in [0.717, 1.165) is 0 Å². The van der Waals surface area contributed by atoms with Crippen LogP contribution in [0.1, 0.15) is 65.1 Å². The Morgan fingerprint density at radius 2 is 1.77 bits per heavy atom. The minimum atomic E-state index is -1.12. The highest BCUT2D eigenvalue weighted by atomic mass is 16.6. The molecule has 1 rings (SSSR count). The first-order valence-corrected chi connectivity index (χ1v) is 11.7. The number of methoxy groups -OCH3 is 1. The lowest BCUT2D eigenvalue weighted by atomic mass is 9.95. The van der Waals surface area contributed by atoms with Crippen molar-refractivity contribution in [2.75, 3.05) is 20.2 Å². The van der Waals surface area contributed by atoms with E-state index < -0.39 is 41.6 Å². The summed E-state index contributed by atoms with van der Waals surface area (Å²) in [5.41, 5.74) is 0.206. The Labute approximate surface area is 207 Å². The number of aryl methyl sites for hydroxylation is 1. The van der Waals surface area contributed by atoms with Crippen LogP contribution in [0.4, 0.5) is 4.79 Å². The predicted octanol–water partition coefficient (Wildman–Crippen LogP) is 2.82. The molecule has 0 aliphatic rings. The van der Waals surface area contributed by atoms with Gasteiger partial charge in [-0.1, -0.05) is 26.3 Å². The third kappa shape index (κ3) is 8.77. The molecule has 0 aliphatic carbocycles. The van der Waals surface area contributed by atoms with E-state index in [4.69, 9.17) is 4.74 Å². The third-order valence-corrected chi connectivity index (χ3v) is 5.51. The van der Waals surface area contributed by atoms with Crippen LogP contribution in [0, 0.1) is 12.8 Å². The molecule has 196 valence electrons. The Morgan fingerprint density at radius 1 is 1.14 bits per heavy atom. The van der Waals surface area contributed by atoms with Gasteiger partial charge < -0.3 is 30.1 Å². The number of nitrogens with one attached hydrogen (secondary N) is 2. The van der Waals surface area contributed by atoms with Crippen LogP contribution in [0.25, 0.3) is 0 Å². The number of phenolic OH excluding ortho intramolecular Hbond substituents is 1. The molecule has 3 N–H and O–H groups in total. The number of carbonyl (C=O) groups is 4. The average Bonchev–Trinajstić information content (AvgIpc) is 2.78. The van der Waals surface area contributed by atoms with E-state index in [1.807, 2.05) is 13.8 Å². The summed E-state index contributed by atoms with van der Waals surface area (Å²) in [5, 5.41) is 15.1. The van der Waals surface area contributed by atoms with Gasteiger partial charge in [0.25, 0.3) is 0 Å².